The molecule has 92 valence electrons. The van der Waals surface area contributed by atoms with Crippen molar-refractivity contribution in [2.75, 3.05) is 0 Å². The van der Waals surface area contributed by atoms with Gasteiger partial charge in [-0.25, -0.2) is 4.79 Å². The molecule has 1 N–H and O–H groups in total. The van der Waals surface area contributed by atoms with Crippen LogP contribution >= 0.6 is 0 Å². The SMILES string of the molecule is CCc1cc(C#N)n(Cc2ccc(C(=O)O)o2)c1. The van der Waals surface area contributed by atoms with Gasteiger partial charge in [0, 0.05) is 6.20 Å². The Balaban J connectivity index is 2.25. The van der Waals surface area contributed by atoms with Crippen molar-refractivity contribution >= 4 is 5.97 Å². The molecule has 2 rings (SSSR count). The first-order valence-electron chi connectivity index (χ1n) is 5.55. The average molecular weight is 244 g/mol. The third-order valence-corrected chi connectivity index (χ3v) is 2.67. The fourth-order valence-corrected chi connectivity index (χ4v) is 1.73. The van der Waals surface area contributed by atoms with Gasteiger partial charge in [-0.1, -0.05) is 6.92 Å². The zero-order valence-electron chi connectivity index (χ0n) is 9.88. The summed E-state index contributed by atoms with van der Waals surface area (Å²) in [5.74, 6) is -0.669. The predicted octanol–water partition coefficient (Wildman–Crippen LogP) is 2.26. The first-order chi connectivity index (χ1) is 8.63. The monoisotopic (exact) mass is 244 g/mol. The third-order valence-electron chi connectivity index (χ3n) is 2.67. The molecule has 18 heavy (non-hydrogen) atoms. The fourth-order valence-electron chi connectivity index (χ4n) is 1.73. The zero-order valence-corrected chi connectivity index (χ0v) is 9.88. The summed E-state index contributed by atoms with van der Waals surface area (Å²) in [6.07, 6.45) is 2.72. The number of nitrogens with zero attached hydrogens (tertiary/aromatic N) is 2. The van der Waals surface area contributed by atoms with E-state index in [0.29, 0.717) is 18.0 Å². The molecule has 0 atom stereocenters. The van der Waals surface area contributed by atoms with Crippen LogP contribution in [0.5, 0.6) is 0 Å². The lowest BCUT2D eigenvalue weighted by atomic mass is 10.2. The molecular weight excluding hydrogens is 232 g/mol. The Bertz CT molecular complexity index is 616. The lowest BCUT2D eigenvalue weighted by molar-refractivity contribution is 0.0660. The molecule has 5 nitrogen and oxygen atoms in total. The van der Waals surface area contributed by atoms with E-state index in [-0.39, 0.29) is 5.76 Å². The predicted molar refractivity (Wildman–Crippen MR) is 63.3 cm³/mol. The van der Waals surface area contributed by atoms with Gasteiger partial charge in [-0.3, -0.25) is 0 Å². The van der Waals surface area contributed by atoms with E-state index in [0.717, 1.165) is 12.0 Å². The molecular formula is C13H12N2O3. The topological polar surface area (TPSA) is 79.2 Å². The van der Waals surface area contributed by atoms with Crippen LogP contribution in [-0.2, 0) is 13.0 Å². The first kappa shape index (κ1) is 12.0. The average Bonchev–Trinajstić information content (AvgIpc) is 2.96. The van der Waals surface area contributed by atoms with E-state index in [1.54, 1.807) is 10.6 Å². The van der Waals surface area contributed by atoms with Gasteiger partial charge in [-0.15, -0.1) is 0 Å². The van der Waals surface area contributed by atoms with E-state index in [2.05, 4.69) is 6.07 Å². The lowest BCUT2D eigenvalue weighted by Gasteiger charge is -2.01. The van der Waals surface area contributed by atoms with Crippen LogP contribution in [0.25, 0.3) is 0 Å². The molecule has 0 bridgehead atoms. The van der Waals surface area contributed by atoms with Crippen molar-refractivity contribution in [3.05, 3.63) is 47.2 Å². The number of hydrogen-bond acceptors (Lipinski definition) is 3. The number of carboxylic acid groups (broad SMARTS) is 1. The van der Waals surface area contributed by atoms with Crippen LogP contribution in [0, 0.1) is 11.3 Å². The standard InChI is InChI=1S/C13H12N2O3/c1-2-9-5-10(6-14)15(7-9)8-11-3-4-12(18-11)13(16)17/h3-5,7H,2,8H2,1H3,(H,16,17). The van der Waals surface area contributed by atoms with E-state index in [1.807, 2.05) is 19.2 Å². The molecule has 0 aliphatic rings. The fraction of sp³-hybridized carbons (Fsp3) is 0.231. The van der Waals surface area contributed by atoms with Gasteiger partial charge >= 0.3 is 5.97 Å². The number of hydrogen-bond donors (Lipinski definition) is 1. The number of aromatic nitrogens is 1. The maximum absolute atomic E-state index is 10.7. The number of furan rings is 1. The normalized spacial score (nSPS) is 10.2. The number of nitriles is 1. The highest BCUT2D eigenvalue weighted by Gasteiger charge is 2.11. The summed E-state index contributed by atoms with van der Waals surface area (Å²) < 4.78 is 6.91. The van der Waals surface area contributed by atoms with Crippen molar-refractivity contribution in [2.45, 2.75) is 19.9 Å². The summed E-state index contributed by atoms with van der Waals surface area (Å²) in [5, 5.41) is 17.8. The molecule has 0 amide bonds. The number of carbonyl (C=O) groups is 1. The second kappa shape index (κ2) is 4.80. The van der Waals surface area contributed by atoms with E-state index in [9.17, 15) is 4.79 Å². The molecule has 0 saturated heterocycles. The van der Waals surface area contributed by atoms with Gasteiger partial charge in [0.1, 0.15) is 17.5 Å². The molecule has 2 aromatic heterocycles. The van der Waals surface area contributed by atoms with Gasteiger partial charge in [0.2, 0.25) is 5.76 Å². The molecule has 0 aliphatic carbocycles. The van der Waals surface area contributed by atoms with E-state index in [1.165, 1.54) is 6.07 Å². The Labute approximate surface area is 104 Å². The van der Waals surface area contributed by atoms with Crippen LogP contribution in [0.15, 0.2) is 28.8 Å². The largest absolute Gasteiger partial charge is 0.475 e. The van der Waals surface area contributed by atoms with Crippen LogP contribution in [-0.4, -0.2) is 15.6 Å². The minimum Gasteiger partial charge on any atom is -0.475 e. The zero-order chi connectivity index (χ0) is 13.1. The Kier molecular flexibility index (Phi) is 3.20. The van der Waals surface area contributed by atoms with Crippen molar-refractivity contribution < 1.29 is 14.3 Å². The van der Waals surface area contributed by atoms with Crippen molar-refractivity contribution in [2.24, 2.45) is 0 Å². The molecule has 2 heterocycles. The Morgan fingerprint density at radius 3 is 2.89 bits per heavy atom. The molecule has 0 aromatic carbocycles. The number of aryl methyl sites for hydroxylation is 1. The van der Waals surface area contributed by atoms with Crippen LogP contribution in [0.4, 0.5) is 0 Å². The minimum atomic E-state index is -1.09. The third kappa shape index (κ3) is 2.28. The molecule has 5 heteroatoms. The molecule has 2 aromatic rings. The Hall–Kier alpha value is -2.48. The molecule has 0 spiro atoms. The summed E-state index contributed by atoms with van der Waals surface area (Å²) in [5.41, 5.74) is 1.61. The van der Waals surface area contributed by atoms with Gasteiger partial charge < -0.3 is 14.1 Å². The highest BCUT2D eigenvalue weighted by Crippen LogP contribution is 2.14. The Morgan fingerprint density at radius 2 is 2.33 bits per heavy atom. The first-order valence-corrected chi connectivity index (χ1v) is 5.55. The second-order valence-electron chi connectivity index (χ2n) is 3.90. The van der Waals surface area contributed by atoms with Gasteiger partial charge in [0.05, 0.1) is 6.54 Å². The van der Waals surface area contributed by atoms with E-state index < -0.39 is 5.97 Å². The minimum absolute atomic E-state index is 0.0913. The van der Waals surface area contributed by atoms with Gasteiger partial charge in [-0.2, -0.15) is 5.26 Å². The Morgan fingerprint density at radius 1 is 1.56 bits per heavy atom. The molecule has 0 unspecified atom stereocenters. The second-order valence-corrected chi connectivity index (χ2v) is 3.90. The van der Waals surface area contributed by atoms with Crippen LogP contribution < -0.4 is 0 Å². The van der Waals surface area contributed by atoms with Crippen molar-refractivity contribution in [3.63, 3.8) is 0 Å². The maximum Gasteiger partial charge on any atom is 0.371 e. The summed E-state index contributed by atoms with van der Waals surface area (Å²) >= 11 is 0. The van der Waals surface area contributed by atoms with E-state index in [4.69, 9.17) is 14.8 Å². The van der Waals surface area contributed by atoms with Gasteiger partial charge in [-0.05, 0) is 30.2 Å². The number of carboxylic acids is 1. The van der Waals surface area contributed by atoms with Crippen molar-refractivity contribution in [1.82, 2.24) is 4.57 Å². The quantitative estimate of drug-likeness (QED) is 0.894. The highest BCUT2D eigenvalue weighted by molar-refractivity contribution is 5.84. The van der Waals surface area contributed by atoms with Crippen LogP contribution in [0.3, 0.4) is 0 Å². The summed E-state index contributed by atoms with van der Waals surface area (Å²) in [6, 6.07) is 6.94. The molecule has 0 saturated carbocycles. The highest BCUT2D eigenvalue weighted by atomic mass is 16.4. The number of aromatic carboxylic acids is 1. The number of rotatable bonds is 4. The van der Waals surface area contributed by atoms with Gasteiger partial charge in [0.15, 0.2) is 0 Å². The van der Waals surface area contributed by atoms with Crippen LogP contribution in [0.2, 0.25) is 0 Å². The van der Waals surface area contributed by atoms with Gasteiger partial charge in [0.25, 0.3) is 0 Å². The maximum atomic E-state index is 10.7. The van der Waals surface area contributed by atoms with Crippen molar-refractivity contribution in [3.8, 4) is 6.07 Å². The van der Waals surface area contributed by atoms with Crippen LogP contribution in [0.1, 0.15) is 34.5 Å². The summed E-state index contributed by atoms with van der Waals surface area (Å²) in [4.78, 5) is 10.7. The van der Waals surface area contributed by atoms with E-state index >= 15 is 0 Å². The lowest BCUT2D eigenvalue weighted by Crippen LogP contribution is -1.99. The van der Waals surface area contributed by atoms with Crippen molar-refractivity contribution in [1.29, 1.82) is 5.26 Å². The molecule has 0 radical (unpaired) electrons. The smallest absolute Gasteiger partial charge is 0.371 e. The summed E-state index contributed by atoms with van der Waals surface area (Å²) in [7, 11) is 0. The molecule has 0 aliphatic heterocycles. The summed E-state index contributed by atoms with van der Waals surface area (Å²) in [6.45, 7) is 2.37. The molecule has 0 fully saturated rings.